The summed E-state index contributed by atoms with van der Waals surface area (Å²) < 4.78 is 33.5. The Bertz CT molecular complexity index is 1100. The molecule has 0 saturated carbocycles. The fourth-order valence-corrected chi connectivity index (χ4v) is 8.42. The molecule has 3 unspecified atom stereocenters. The van der Waals surface area contributed by atoms with E-state index >= 15 is 0 Å². The van der Waals surface area contributed by atoms with Crippen molar-refractivity contribution in [3.63, 3.8) is 0 Å². The zero-order valence-electron chi connectivity index (χ0n) is 40.9. The Kier molecular flexibility index (Phi) is 47.2. The zero-order valence-corrected chi connectivity index (χ0v) is 41.8. The normalized spacial score (nSPS) is 13.8. The molecule has 10 nitrogen and oxygen atoms in total. The average Bonchev–Trinajstić information content (AvgIpc) is 3.26. The maximum atomic E-state index is 12.7. The summed E-state index contributed by atoms with van der Waals surface area (Å²) in [6.45, 7) is 3.91. The van der Waals surface area contributed by atoms with Crippen molar-refractivity contribution in [2.24, 2.45) is 5.73 Å². The first-order chi connectivity index (χ1) is 30.7. The Morgan fingerprint density at radius 2 is 0.873 bits per heavy atom. The fraction of sp³-hybridized carbons (Fsp3) is 0.885. The molecule has 0 aliphatic carbocycles. The van der Waals surface area contributed by atoms with Crippen LogP contribution in [0, 0.1) is 0 Å². The van der Waals surface area contributed by atoms with Gasteiger partial charge < -0.3 is 25.2 Å². The molecule has 0 aliphatic heterocycles. The van der Waals surface area contributed by atoms with E-state index in [2.05, 4.69) is 38.2 Å². The van der Waals surface area contributed by atoms with Crippen LogP contribution in [0.2, 0.25) is 0 Å². The van der Waals surface area contributed by atoms with Crippen LogP contribution in [0.3, 0.4) is 0 Å². The van der Waals surface area contributed by atoms with Gasteiger partial charge in [0.25, 0.3) is 0 Å². The molecule has 11 heteroatoms. The molecule has 0 amide bonds. The van der Waals surface area contributed by atoms with Crippen LogP contribution in [0.1, 0.15) is 258 Å². The average molecular weight is 914 g/mol. The van der Waals surface area contributed by atoms with Crippen LogP contribution >= 0.6 is 7.82 Å². The minimum atomic E-state index is -4.62. The standard InChI is InChI=1S/C52H100NO9P/c1-3-5-7-9-11-13-15-17-19-21-23-24-25-26-27-29-31-33-35-37-39-41-43-45-59-46-49(47-60-63(57,58)61-48-50(53)52(55)56)62-51(54)44-42-40-38-36-34-32-30-28-22-20-18-16-14-12-10-8-6-4-2/h14,16,20,22,49-50H,3-13,15,17-19,21,23-48,53H2,1-2H3,(H,55,56)(H,57,58)/b16-14-,22-20-. The molecule has 0 aromatic carbocycles. The van der Waals surface area contributed by atoms with Crippen LogP contribution in [0.15, 0.2) is 24.3 Å². The van der Waals surface area contributed by atoms with E-state index in [-0.39, 0.29) is 13.0 Å². The van der Waals surface area contributed by atoms with Gasteiger partial charge in [-0.1, -0.05) is 231 Å². The summed E-state index contributed by atoms with van der Waals surface area (Å²) in [4.78, 5) is 33.7. The molecule has 0 radical (unpaired) electrons. The molecule has 0 aromatic heterocycles. The molecule has 372 valence electrons. The Hall–Kier alpha value is -1.55. The lowest BCUT2D eigenvalue weighted by Crippen LogP contribution is -2.34. The SMILES string of the molecule is CCCCCC/C=C\C/C=C\CCCCCCCCCC(=O)OC(COCCCCCCCCCCCCCCCCCCCCCCCCC)COP(=O)(O)OCC(N)C(=O)O. The maximum Gasteiger partial charge on any atom is 0.472 e. The van der Waals surface area contributed by atoms with Gasteiger partial charge in [0.1, 0.15) is 12.1 Å². The van der Waals surface area contributed by atoms with Gasteiger partial charge in [-0.2, -0.15) is 0 Å². The van der Waals surface area contributed by atoms with Gasteiger partial charge in [-0.05, 0) is 44.9 Å². The predicted octanol–water partition coefficient (Wildman–Crippen LogP) is 15.4. The Balaban J connectivity index is 4.08. The van der Waals surface area contributed by atoms with Crippen molar-refractivity contribution in [2.45, 2.75) is 270 Å². The molecule has 0 spiro atoms. The molecule has 0 fully saturated rings. The highest BCUT2D eigenvalue weighted by molar-refractivity contribution is 7.47. The second-order valence-corrected chi connectivity index (χ2v) is 19.5. The Morgan fingerprint density at radius 3 is 1.30 bits per heavy atom. The third kappa shape index (κ3) is 48.2. The molecule has 3 atom stereocenters. The number of esters is 1. The molecule has 0 saturated heterocycles. The van der Waals surface area contributed by atoms with E-state index in [1.807, 2.05) is 0 Å². The van der Waals surface area contributed by atoms with Crippen molar-refractivity contribution >= 4 is 19.8 Å². The largest absolute Gasteiger partial charge is 0.480 e. The molecule has 0 heterocycles. The number of carbonyl (C=O) groups is 2. The van der Waals surface area contributed by atoms with Gasteiger partial charge in [0.15, 0.2) is 0 Å². The van der Waals surface area contributed by atoms with E-state index < -0.39 is 45.1 Å². The van der Waals surface area contributed by atoms with Crippen molar-refractivity contribution in [3.8, 4) is 0 Å². The summed E-state index contributed by atoms with van der Waals surface area (Å²) in [7, 11) is -4.62. The molecular weight excluding hydrogens is 814 g/mol. The van der Waals surface area contributed by atoms with E-state index in [0.717, 1.165) is 51.4 Å². The smallest absolute Gasteiger partial charge is 0.472 e. The minimum absolute atomic E-state index is 0.0186. The van der Waals surface area contributed by atoms with Crippen molar-refractivity contribution in [2.75, 3.05) is 26.4 Å². The summed E-state index contributed by atoms with van der Waals surface area (Å²) in [6.07, 6.45) is 55.2. The van der Waals surface area contributed by atoms with Gasteiger partial charge in [-0.3, -0.25) is 18.6 Å². The lowest BCUT2D eigenvalue weighted by Gasteiger charge is -2.20. The lowest BCUT2D eigenvalue weighted by atomic mass is 10.0. The second kappa shape index (κ2) is 48.4. The number of unbranched alkanes of at least 4 members (excludes halogenated alkanes) is 33. The zero-order chi connectivity index (χ0) is 46.2. The third-order valence-corrected chi connectivity index (χ3v) is 12.7. The molecule has 0 aliphatic rings. The van der Waals surface area contributed by atoms with Gasteiger partial charge in [0, 0.05) is 13.0 Å². The van der Waals surface area contributed by atoms with Gasteiger partial charge in [0.05, 0.1) is 19.8 Å². The van der Waals surface area contributed by atoms with Crippen molar-refractivity contribution in [1.29, 1.82) is 0 Å². The second-order valence-electron chi connectivity index (χ2n) is 18.0. The number of carboxylic acids is 1. The van der Waals surface area contributed by atoms with E-state index in [1.54, 1.807) is 0 Å². The number of phosphoric acid groups is 1. The highest BCUT2D eigenvalue weighted by Gasteiger charge is 2.27. The number of carboxylic acid groups (broad SMARTS) is 1. The number of phosphoric ester groups is 1. The van der Waals surface area contributed by atoms with Gasteiger partial charge in [0.2, 0.25) is 0 Å². The highest BCUT2D eigenvalue weighted by atomic mass is 31.2. The van der Waals surface area contributed by atoms with Gasteiger partial charge in [-0.15, -0.1) is 0 Å². The number of aliphatic carboxylic acids is 1. The van der Waals surface area contributed by atoms with Crippen LogP contribution in [0.5, 0.6) is 0 Å². The number of rotatable bonds is 51. The predicted molar refractivity (Wildman–Crippen MR) is 263 cm³/mol. The van der Waals surface area contributed by atoms with Crippen LogP contribution in [-0.2, 0) is 32.7 Å². The number of hydrogen-bond donors (Lipinski definition) is 3. The van der Waals surface area contributed by atoms with Crippen LogP contribution in [0.25, 0.3) is 0 Å². The number of ether oxygens (including phenoxy) is 2. The summed E-state index contributed by atoms with van der Waals surface area (Å²) in [6, 6.07) is -1.47. The van der Waals surface area contributed by atoms with E-state index in [9.17, 15) is 19.0 Å². The first-order valence-corrected chi connectivity index (χ1v) is 27.9. The van der Waals surface area contributed by atoms with E-state index in [0.29, 0.717) is 13.0 Å². The van der Waals surface area contributed by atoms with Crippen LogP contribution < -0.4 is 5.73 Å². The summed E-state index contributed by atoms with van der Waals surface area (Å²) in [5, 5.41) is 8.93. The van der Waals surface area contributed by atoms with Crippen molar-refractivity contribution in [1.82, 2.24) is 0 Å². The summed E-state index contributed by atoms with van der Waals surface area (Å²) >= 11 is 0. The first-order valence-electron chi connectivity index (χ1n) is 26.4. The maximum absolute atomic E-state index is 12.7. The first kappa shape index (κ1) is 61.5. The fourth-order valence-electron chi connectivity index (χ4n) is 7.64. The number of nitrogens with two attached hydrogens (primary N) is 1. The monoisotopic (exact) mass is 914 g/mol. The van der Waals surface area contributed by atoms with E-state index in [4.69, 9.17) is 29.4 Å². The Morgan fingerprint density at radius 1 is 0.508 bits per heavy atom. The third-order valence-electron chi connectivity index (χ3n) is 11.7. The molecule has 63 heavy (non-hydrogen) atoms. The quantitative estimate of drug-likeness (QED) is 0.0232. The highest BCUT2D eigenvalue weighted by Crippen LogP contribution is 2.43. The molecule has 0 aromatic rings. The number of carbonyl (C=O) groups excluding carboxylic acids is 1. The number of allylic oxidation sites excluding steroid dienone is 4. The topological polar surface area (TPSA) is 155 Å². The van der Waals surface area contributed by atoms with Gasteiger partial charge in [-0.25, -0.2) is 4.57 Å². The van der Waals surface area contributed by atoms with Crippen LogP contribution in [-0.4, -0.2) is 60.5 Å². The van der Waals surface area contributed by atoms with E-state index in [1.165, 1.54) is 180 Å². The summed E-state index contributed by atoms with van der Waals surface area (Å²) in [5.41, 5.74) is 5.38. The molecular formula is C52H100NO9P. The number of hydrogen-bond acceptors (Lipinski definition) is 8. The lowest BCUT2D eigenvalue weighted by molar-refractivity contribution is -0.154. The van der Waals surface area contributed by atoms with Crippen LogP contribution in [0.4, 0.5) is 0 Å². The molecule has 0 bridgehead atoms. The van der Waals surface area contributed by atoms with Crippen molar-refractivity contribution in [3.05, 3.63) is 24.3 Å². The molecule has 4 N–H and O–H groups in total. The minimum Gasteiger partial charge on any atom is -0.480 e. The molecule has 0 rings (SSSR count). The van der Waals surface area contributed by atoms with Crippen molar-refractivity contribution < 1.29 is 42.7 Å². The van der Waals surface area contributed by atoms with Gasteiger partial charge >= 0.3 is 19.8 Å². The summed E-state index contributed by atoms with van der Waals surface area (Å²) in [5.74, 6) is -1.78. The Labute approximate surface area is 387 Å².